The minimum Gasteiger partial charge on any atom is -0.497 e. The fraction of sp³-hybridized carbons (Fsp3) is 0.556. The highest BCUT2D eigenvalue weighted by molar-refractivity contribution is 5.78. The normalized spacial score (nSPS) is 21.2. The molecule has 0 unspecified atom stereocenters. The summed E-state index contributed by atoms with van der Waals surface area (Å²) in [4.78, 5) is 24.8. The van der Waals surface area contributed by atoms with E-state index < -0.39 is 0 Å². The molecule has 0 radical (unpaired) electrons. The number of methoxy groups -OCH3 is 2. The Hall–Kier alpha value is -2.28. The van der Waals surface area contributed by atoms with Crippen LogP contribution >= 0.6 is 0 Å². The Balaban J connectivity index is 1.91. The fourth-order valence-electron chi connectivity index (χ4n) is 3.26. The molecule has 1 heterocycles. The lowest BCUT2D eigenvalue weighted by atomic mass is 9.96. The van der Waals surface area contributed by atoms with Crippen molar-refractivity contribution in [3.8, 4) is 11.5 Å². The second kappa shape index (κ2) is 8.71. The summed E-state index contributed by atoms with van der Waals surface area (Å²) in [6, 6.07) is 5.33. The van der Waals surface area contributed by atoms with Crippen molar-refractivity contribution in [1.82, 2.24) is 5.32 Å². The number of carbonyl (C=O) groups is 2. The predicted molar refractivity (Wildman–Crippen MR) is 93.6 cm³/mol. The third kappa shape index (κ3) is 5.09. The van der Waals surface area contributed by atoms with Gasteiger partial charge in [0.1, 0.15) is 11.5 Å². The standard InChI is InChI=1S/C18H27N3O4/c1-12(15-10-14(24-2)4-5-16(15)25-3)20-17(22)11-21-8-6-13(7-9-21)18(19)23/h4-5,10,12-13H,6-9,11H2,1-3H3,(H2,19,23)(H,20,22)/p+1/t12-/m1/s1. The monoisotopic (exact) mass is 350 g/mol. The Kier molecular flexibility index (Phi) is 6.64. The molecule has 138 valence electrons. The summed E-state index contributed by atoms with van der Waals surface area (Å²) in [6.07, 6.45) is 1.49. The topological polar surface area (TPSA) is 95.1 Å². The fourth-order valence-corrected chi connectivity index (χ4v) is 3.26. The van der Waals surface area contributed by atoms with E-state index in [4.69, 9.17) is 15.2 Å². The zero-order chi connectivity index (χ0) is 18.4. The van der Waals surface area contributed by atoms with Crippen molar-refractivity contribution in [2.75, 3.05) is 33.9 Å². The smallest absolute Gasteiger partial charge is 0.275 e. The molecule has 0 aliphatic carbocycles. The van der Waals surface area contributed by atoms with Crippen molar-refractivity contribution in [2.45, 2.75) is 25.8 Å². The molecule has 25 heavy (non-hydrogen) atoms. The van der Waals surface area contributed by atoms with E-state index >= 15 is 0 Å². The second-order valence-electron chi connectivity index (χ2n) is 6.50. The van der Waals surface area contributed by atoms with Gasteiger partial charge in [-0.3, -0.25) is 9.59 Å². The van der Waals surface area contributed by atoms with Crippen molar-refractivity contribution < 1.29 is 24.0 Å². The zero-order valence-electron chi connectivity index (χ0n) is 15.1. The number of ether oxygens (including phenoxy) is 2. The molecule has 0 spiro atoms. The largest absolute Gasteiger partial charge is 0.497 e. The molecule has 0 aromatic heterocycles. The van der Waals surface area contributed by atoms with E-state index in [1.165, 1.54) is 4.90 Å². The lowest BCUT2D eigenvalue weighted by molar-refractivity contribution is -0.897. The van der Waals surface area contributed by atoms with Crippen LogP contribution in [0.25, 0.3) is 0 Å². The predicted octanol–water partition coefficient (Wildman–Crippen LogP) is -0.339. The summed E-state index contributed by atoms with van der Waals surface area (Å²) >= 11 is 0. The van der Waals surface area contributed by atoms with Crippen molar-refractivity contribution in [1.29, 1.82) is 0 Å². The van der Waals surface area contributed by atoms with Crippen LogP contribution in [0.1, 0.15) is 31.4 Å². The molecular weight excluding hydrogens is 322 g/mol. The van der Waals surface area contributed by atoms with Crippen LogP contribution in [0.15, 0.2) is 18.2 Å². The number of rotatable bonds is 7. The Morgan fingerprint density at radius 2 is 1.96 bits per heavy atom. The van der Waals surface area contributed by atoms with Gasteiger partial charge in [-0.1, -0.05) is 0 Å². The Morgan fingerprint density at radius 3 is 2.52 bits per heavy atom. The highest BCUT2D eigenvalue weighted by atomic mass is 16.5. The second-order valence-corrected chi connectivity index (χ2v) is 6.50. The van der Waals surface area contributed by atoms with Crippen LogP contribution in [-0.2, 0) is 9.59 Å². The van der Waals surface area contributed by atoms with E-state index in [1.807, 2.05) is 25.1 Å². The maximum atomic E-state index is 12.4. The number of likely N-dealkylation sites (tertiary alicyclic amines) is 1. The summed E-state index contributed by atoms with van der Waals surface area (Å²) in [7, 11) is 3.21. The summed E-state index contributed by atoms with van der Waals surface area (Å²) in [5, 5.41) is 3.02. The van der Waals surface area contributed by atoms with Crippen LogP contribution in [0.4, 0.5) is 0 Å². The van der Waals surface area contributed by atoms with E-state index in [1.54, 1.807) is 14.2 Å². The SMILES string of the molecule is COc1ccc(OC)c([C@@H](C)NC(=O)C[NH+]2CCC(C(N)=O)CC2)c1. The van der Waals surface area contributed by atoms with E-state index in [2.05, 4.69) is 5.32 Å². The average molecular weight is 350 g/mol. The van der Waals surface area contributed by atoms with Gasteiger partial charge in [0.05, 0.1) is 33.4 Å². The van der Waals surface area contributed by atoms with Gasteiger partial charge in [-0.15, -0.1) is 0 Å². The first kappa shape index (κ1) is 19.1. The number of amides is 2. The van der Waals surface area contributed by atoms with Gasteiger partial charge < -0.3 is 25.4 Å². The molecule has 0 saturated carbocycles. The molecule has 0 bridgehead atoms. The molecule has 1 fully saturated rings. The van der Waals surface area contributed by atoms with E-state index in [9.17, 15) is 9.59 Å². The van der Waals surface area contributed by atoms with Gasteiger partial charge in [0, 0.05) is 24.3 Å². The number of hydrogen-bond donors (Lipinski definition) is 3. The number of nitrogens with one attached hydrogen (secondary N) is 2. The van der Waals surface area contributed by atoms with Crippen molar-refractivity contribution in [3.05, 3.63) is 23.8 Å². The van der Waals surface area contributed by atoms with Crippen LogP contribution < -0.4 is 25.4 Å². The molecule has 1 saturated heterocycles. The van der Waals surface area contributed by atoms with E-state index in [-0.39, 0.29) is 23.8 Å². The molecule has 2 rings (SSSR count). The van der Waals surface area contributed by atoms with Gasteiger partial charge in [-0.25, -0.2) is 0 Å². The number of quaternary nitrogens is 1. The summed E-state index contributed by atoms with van der Waals surface area (Å²) in [5.74, 6) is 1.12. The van der Waals surface area contributed by atoms with E-state index in [0.717, 1.165) is 37.2 Å². The van der Waals surface area contributed by atoms with Crippen molar-refractivity contribution in [2.24, 2.45) is 11.7 Å². The van der Waals surface area contributed by atoms with Gasteiger partial charge in [-0.05, 0) is 25.1 Å². The lowest BCUT2D eigenvalue weighted by Gasteiger charge is -2.27. The minimum absolute atomic E-state index is 0.0232. The van der Waals surface area contributed by atoms with Crippen LogP contribution in [-0.4, -0.2) is 45.7 Å². The number of carbonyl (C=O) groups excluding carboxylic acids is 2. The van der Waals surface area contributed by atoms with Crippen LogP contribution in [0.2, 0.25) is 0 Å². The van der Waals surface area contributed by atoms with Gasteiger partial charge in [0.2, 0.25) is 5.91 Å². The molecule has 1 aromatic rings. The molecule has 1 aromatic carbocycles. The van der Waals surface area contributed by atoms with E-state index in [0.29, 0.717) is 12.3 Å². The summed E-state index contributed by atoms with van der Waals surface area (Å²) < 4.78 is 10.6. The summed E-state index contributed by atoms with van der Waals surface area (Å²) in [6.45, 7) is 3.89. The quantitative estimate of drug-likeness (QED) is 0.627. The van der Waals surface area contributed by atoms with Crippen molar-refractivity contribution in [3.63, 3.8) is 0 Å². The van der Waals surface area contributed by atoms with Crippen LogP contribution in [0.5, 0.6) is 11.5 Å². The van der Waals surface area contributed by atoms with Gasteiger partial charge in [0.25, 0.3) is 5.91 Å². The zero-order valence-corrected chi connectivity index (χ0v) is 15.1. The maximum absolute atomic E-state index is 12.4. The highest BCUT2D eigenvalue weighted by Crippen LogP contribution is 2.29. The number of piperidine rings is 1. The first-order valence-corrected chi connectivity index (χ1v) is 8.58. The Bertz CT molecular complexity index is 612. The number of hydrogen-bond acceptors (Lipinski definition) is 4. The first-order valence-electron chi connectivity index (χ1n) is 8.58. The van der Waals surface area contributed by atoms with Crippen LogP contribution in [0.3, 0.4) is 0 Å². The molecule has 7 nitrogen and oxygen atoms in total. The first-order chi connectivity index (χ1) is 11.9. The highest BCUT2D eigenvalue weighted by Gasteiger charge is 2.27. The molecular formula is C18H28N3O4+. The molecule has 4 N–H and O–H groups in total. The van der Waals surface area contributed by atoms with Crippen molar-refractivity contribution >= 4 is 11.8 Å². The number of benzene rings is 1. The third-order valence-corrected chi connectivity index (χ3v) is 4.79. The Morgan fingerprint density at radius 1 is 1.28 bits per heavy atom. The number of nitrogens with two attached hydrogens (primary N) is 1. The number of primary amides is 1. The molecule has 1 aliphatic rings. The van der Waals surface area contributed by atoms with Gasteiger partial charge in [0.15, 0.2) is 6.54 Å². The Labute approximate surface area is 148 Å². The summed E-state index contributed by atoms with van der Waals surface area (Å²) in [5.41, 5.74) is 6.22. The maximum Gasteiger partial charge on any atom is 0.275 e. The lowest BCUT2D eigenvalue weighted by Crippen LogP contribution is -3.14. The molecule has 2 amide bonds. The van der Waals surface area contributed by atoms with Crippen LogP contribution in [0, 0.1) is 5.92 Å². The molecule has 1 atom stereocenters. The average Bonchev–Trinajstić information content (AvgIpc) is 2.61. The van der Waals surface area contributed by atoms with Gasteiger partial charge in [-0.2, -0.15) is 0 Å². The third-order valence-electron chi connectivity index (χ3n) is 4.79. The molecule has 7 heteroatoms. The molecule has 1 aliphatic heterocycles. The van der Waals surface area contributed by atoms with Gasteiger partial charge >= 0.3 is 0 Å². The minimum atomic E-state index is -0.234.